The molecule has 0 aliphatic rings. The van der Waals surface area contributed by atoms with Gasteiger partial charge in [0.15, 0.2) is 0 Å². The van der Waals surface area contributed by atoms with Crippen molar-refractivity contribution in [1.29, 1.82) is 0 Å². The molecule has 2 N–H and O–H groups in total. The smallest absolute Gasteiger partial charge is 0.240 e. The van der Waals surface area contributed by atoms with Crippen molar-refractivity contribution in [3.05, 3.63) is 52.8 Å². The van der Waals surface area contributed by atoms with Gasteiger partial charge in [0.25, 0.3) is 0 Å². The van der Waals surface area contributed by atoms with Crippen molar-refractivity contribution in [3.63, 3.8) is 0 Å². The van der Waals surface area contributed by atoms with E-state index in [0.29, 0.717) is 5.02 Å². The van der Waals surface area contributed by atoms with Crippen LogP contribution in [0.15, 0.2) is 41.4 Å². The number of aromatic nitrogens is 1. The summed E-state index contributed by atoms with van der Waals surface area (Å²) in [5, 5.41) is 0.442. The molecule has 4 nitrogen and oxygen atoms in total. The first-order chi connectivity index (χ1) is 8.49. The quantitative estimate of drug-likeness (QED) is 0.906. The molecule has 0 radical (unpaired) electrons. The maximum atomic E-state index is 12.0. The number of nitrogens with one attached hydrogen (secondary N) is 2. The van der Waals surface area contributed by atoms with E-state index in [0.717, 1.165) is 11.3 Å². The molecule has 2 aromatic rings. The zero-order valence-electron chi connectivity index (χ0n) is 9.77. The molecular formula is C12H13ClN2O2S. The third kappa shape index (κ3) is 2.93. The minimum Gasteiger partial charge on any atom is -0.364 e. The highest BCUT2D eigenvalue weighted by Crippen LogP contribution is 2.19. The van der Waals surface area contributed by atoms with Gasteiger partial charge in [0.2, 0.25) is 10.0 Å². The number of rotatable bonds is 4. The summed E-state index contributed by atoms with van der Waals surface area (Å²) in [6, 6.07) is 8.30. The summed E-state index contributed by atoms with van der Waals surface area (Å²) in [6.07, 6.45) is 1.74. The van der Waals surface area contributed by atoms with Gasteiger partial charge in [-0.2, -0.15) is 0 Å². The maximum Gasteiger partial charge on any atom is 0.240 e. The molecule has 0 unspecified atom stereocenters. The lowest BCUT2D eigenvalue weighted by atomic mass is 10.2. The SMILES string of the molecule is Cc1ccc(S(=O)(=O)NCc2ccc[nH]2)cc1Cl. The summed E-state index contributed by atoms with van der Waals surface area (Å²) >= 11 is 5.92. The molecule has 0 fully saturated rings. The highest BCUT2D eigenvalue weighted by Gasteiger charge is 2.14. The Bertz CT molecular complexity index is 636. The van der Waals surface area contributed by atoms with Gasteiger partial charge >= 0.3 is 0 Å². The molecule has 0 aliphatic carbocycles. The first-order valence-corrected chi connectivity index (χ1v) is 7.23. The van der Waals surface area contributed by atoms with Crippen molar-refractivity contribution < 1.29 is 8.42 Å². The van der Waals surface area contributed by atoms with Gasteiger partial charge < -0.3 is 4.98 Å². The van der Waals surface area contributed by atoms with Crippen molar-refractivity contribution in [2.45, 2.75) is 18.4 Å². The van der Waals surface area contributed by atoms with Gasteiger partial charge in [-0.05, 0) is 36.8 Å². The van der Waals surface area contributed by atoms with Gasteiger partial charge in [-0.1, -0.05) is 17.7 Å². The molecule has 0 bridgehead atoms. The molecule has 0 atom stereocenters. The molecule has 6 heteroatoms. The van der Waals surface area contributed by atoms with Crippen LogP contribution in [-0.2, 0) is 16.6 Å². The van der Waals surface area contributed by atoms with Crippen molar-refractivity contribution in [1.82, 2.24) is 9.71 Å². The second kappa shape index (κ2) is 5.14. The molecule has 1 heterocycles. The number of aryl methyl sites for hydroxylation is 1. The van der Waals surface area contributed by atoms with Gasteiger partial charge in [0.05, 0.1) is 11.4 Å². The molecule has 18 heavy (non-hydrogen) atoms. The van der Waals surface area contributed by atoms with Crippen LogP contribution >= 0.6 is 11.6 Å². The predicted octanol–water partition coefficient (Wildman–Crippen LogP) is 2.46. The Morgan fingerprint density at radius 1 is 1.33 bits per heavy atom. The van der Waals surface area contributed by atoms with Gasteiger partial charge in [0, 0.05) is 16.9 Å². The fraction of sp³-hybridized carbons (Fsp3) is 0.167. The van der Waals surface area contributed by atoms with E-state index in [1.54, 1.807) is 12.3 Å². The molecule has 0 saturated heterocycles. The third-order valence-electron chi connectivity index (χ3n) is 2.57. The van der Waals surface area contributed by atoms with E-state index in [4.69, 9.17) is 11.6 Å². The summed E-state index contributed by atoms with van der Waals surface area (Å²) in [5.74, 6) is 0. The van der Waals surface area contributed by atoms with Gasteiger partial charge in [-0.25, -0.2) is 13.1 Å². The van der Waals surface area contributed by atoms with E-state index < -0.39 is 10.0 Å². The topological polar surface area (TPSA) is 62.0 Å². The van der Waals surface area contributed by atoms with Crippen molar-refractivity contribution >= 4 is 21.6 Å². The van der Waals surface area contributed by atoms with Crippen molar-refractivity contribution in [2.75, 3.05) is 0 Å². The number of H-pyrrole nitrogens is 1. The lowest BCUT2D eigenvalue weighted by molar-refractivity contribution is 0.580. The first-order valence-electron chi connectivity index (χ1n) is 5.37. The Morgan fingerprint density at radius 2 is 2.11 bits per heavy atom. The number of sulfonamides is 1. The van der Waals surface area contributed by atoms with Crippen LogP contribution in [0.2, 0.25) is 5.02 Å². The fourth-order valence-electron chi connectivity index (χ4n) is 1.47. The van der Waals surface area contributed by atoms with Crippen LogP contribution in [0.25, 0.3) is 0 Å². The van der Waals surface area contributed by atoms with Gasteiger partial charge in [-0.3, -0.25) is 0 Å². The Balaban J connectivity index is 2.17. The Kier molecular flexibility index (Phi) is 3.75. The number of benzene rings is 1. The second-order valence-electron chi connectivity index (χ2n) is 3.93. The minimum absolute atomic E-state index is 0.171. The third-order valence-corrected chi connectivity index (χ3v) is 4.37. The monoisotopic (exact) mass is 284 g/mol. The van der Waals surface area contributed by atoms with E-state index in [1.165, 1.54) is 12.1 Å². The zero-order valence-corrected chi connectivity index (χ0v) is 11.3. The van der Waals surface area contributed by atoms with Crippen LogP contribution in [0.5, 0.6) is 0 Å². The maximum absolute atomic E-state index is 12.0. The van der Waals surface area contributed by atoms with Crippen LogP contribution in [0.3, 0.4) is 0 Å². The van der Waals surface area contributed by atoms with Crippen LogP contribution in [0.4, 0.5) is 0 Å². The summed E-state index contributed by atoms with van der Waals surface area (Å²) in [7, 11) is -3.53. The second-order valence-corrected chi connectivity index (χ2v) is 6.11. The van der Waals surface area contributed by atoms with Gasteiger partial charge in [0.1, 0.15) is 0 Å². The van der Waals surface area contributed by atoms with E-state index in [1.807, 2.05) is 19.1 Å². The molecule has 0 saturated carbocycles. The standard InChI is InChI=1S/C12H13ClN2O2S/c1-9-4-5-11(7-12(9)13)18(16,17)15-8-10-3-2-6-14-10/h2-7,14-15H,8H2,1H3. The minimum atomic E-state index is -3.53. The molecule has 2 rings (SSSR count). The Hall–Kier alpha value is -1.30. The number of halogens is 1. The lowest BCUT2D eigenvalue weighted by Crippen LogP contribution is -2.23. The van der Waals surface area contributed by atoms with E-state index >= 15 is 0 Å². The predicted molar refractivity (Wildman–Crippen MR) is 71.0 cm³/mol. The summed E-state index contributed by atoms with van der Waals surface area (Å²) in [6.45, 7) is 2.05. The van der Waals surface area contributed by atoms with Crippen LogP contribution in [0, 0.1) is 6.92 Å². The van der Waals surface area contributed by atoms with E-state index in [9.17, 15) is 8.42 Å². The zero-order chi connectivity index (χ0) is 13.2. The highest BCUT2D eigenvalue weighted by molar-refractivity contribution is 7.89. The number of aromatic amines is 1. The highest BCUT2D eigenvalue weighted by atomic mass is 35.5. The molecular weight excluding hydrogens is 272 g/mol. The Labute approximate surface area is 111 Å². The number of hydrogen-bond acceptors (Lipinski definition) is 2. The van der Waals surface area contributed by atoms with Gasteiger partial charge in [-0.15, -0.1) is 0 Å². The summed E-state index contributed by atoms with van der Waals surface area (Å²) in [5.41, 5.74) is 1.65. The van der Waals surface area contributed by atoms with Crippen molar-refractivity contribution in [3.8, 4) is 0 Å². The summed E-state index contributed by atoms with van der Waals surface area (Å²) in [4.78, 5) is 3.10. The van der Waals surface area contributed by atoms with Crippen molar-refractivity contribution in [2.24, 2.45) is 0 Å². The molecule has 0 aliphatic heterocycles. The molecule has 1 aromatic heterocycles. The van der Waals surface area contributed by atoms with E-state index in [-0.39, 0.29) is 11.4 Å². The fourth-order valence-corrected chi connectivity index (χ4v) is 2.75. The van der Waals surface area contributed by atoms with Crippen LogP contribution in [0.1, 0.15) is 11.3 Å². The van der Waals surface area contributed by atoms with E-state index in [2.05, 4.69) is 9.71 Å². The molecule has 96 valence electrons. The van der Waals surface area contributed by atoms with Crippen LogP contribution in [-0.4, -0.2) is 13.4 Å². The first kappa shape index (κ1) is 13.1. The molecule has 1 aromatic carbocycles. The average Bonchev–Trinajstić information content (AvgIpc) is 2.83. The lowest BCUT2D eigenvalue weighted by Gasteiger charge is -2.07. The normalized spacial score (nSPS) is 11.7. The Morgan fingerprint density at radius 3 is 2.72 bits per heavy atom. The largest absolute Gasteiger partial charge is 0.364 e. The average molecular weight is 285 g/mol. The number of hydrogen-bond donors (Lipinski definition) is 2. The molecule has 0 amide bonds. The summed E-state index contributed by atoms with van der Waals surface area (Å²) < 4.78 is 26.5. The van der Waals surface area contributed by atoms with Crippen LogP contribution < -0.4 is 4.72 Å². The molecule has 0 spiro atoms.